The number of rotatable bonds is 5. The summed E-state index contributed by atoms with van der Waals surface area (Å²) in [5.41, 5.74) is 1.55. The standard InChI is InChI=1S/C20H28N2O4/c1-21-15-3-4-16(21)10-13(9-15)19(23)25-7-8-26-20(24)14-11-17-5-6-18(12-14)22(17)2/h9,11,15-18H,3-8,10,12H2,1-2H3/t15-,16+,17+,18-. The summed E-state index contributed by atoms with van der Waals surface area (Å²) in [5.74, 6) is -0.523. The monoisotopic (exact) mass is 360 g/mol. The number of ether oxygens (including phenoxy) is 2. The Balaban J connectivity index is 1.21. The van der Waals surface area contributed by atoms with Crippen molar-refractivity contribution >= 4 is 11.9 Å². The SMILES string of the molecule is CN1[C@@H]2CC[C@H]1C=C(C(=O)OCCOC(=O)C1=C[C@H]3CC[C@@H](C1)N3C)C2. The van der Waals surface area contributed by atoms with E-state index in [9.17, 15) is 9.59 Å². The molecule has 0 unspecified atom stereocenters. The number of hydrogen-bond donors (Lipinski definition) is 0. The number of nitrogens with zero attached hydrogens (tertiary/aromatic N) is 2. The van der Waals surface area contributed by atoms with Crippen LogP contribution in [0.3, 0.4) is 0 Å². The Kier molecular flexibility index (Phi) is 4.88. The smallest absolute Gasteiger partial charge is 0.333 e. The lowest BCUT2D eigenvalue weighted by Gasteiger charge is -2.29. The molecule has 4 bridgehead atoms. The van der Waals surface area contributed by atoms with Crippen molar-refractivity contribution in [2.45, 2.75) is 62.7 Å². The number of likely N-dealkylation sites (N-methyl/N-ethyl adjacent to an activating group) is 2. The van der Waals surface area contributed by atoms with Crippen LogP contribution < -0.4 is 0 Å². The largest absolute Gasteiger partial charge is 0.459 e. The summed E-state index contributed by atoms with van der Waals surface area (Å²) in [5, 5.41) is 0. The Morgan fingerprint density at radius 2 is 1.27 bits per heavy atom. The van der Waals surface area contributed by atoms with Crippen LogP contribution in [0.15, 0.2) is 23.3 Å². The van der Waals surface area contributed by atoms with E-state index in [0.29, 0.717) is 24.2 Å². The third-order valence-electron chi connectivity index (χ3n) is 6.56. The fourth-order valence-electron chi connectivity index (χ4n) is 4.84. The second-order valence-corrected chi connectivity index (χ2v) is 7.99. The molecule has 4 atom stereocenters. The zero-order valence-corrected chi connectivity index (χ0v) is 15.6. The van der Waals surface area contributed by atoms with Crippen molar-refractivity contribution in [2.75, 3.05) is 27.3 Å². The molecule has 26 heavy (non-hydrogen) atoms. The van der Waals surface area contributed by atoms with E-state index in [1.54, 1.807) is 0 Å². The van der Waals surface area contributed by atoms with Gasteiger partial charge in [0.25, 0.3) is 0 Å². The van der Waals surface area contributed by atoms with Gasteiger partial charge in [-0.1, -0.05) is 12.2 Å². The zero-order chi connectivity index (χ0) is 18.3. The highest BCUT2D eigenvalue weighted by atomic mass is 16.6. The molecule has 0 spiro atoms. The van der Waals surface area contributed by atoms with Gasteiger partial charge in [-0.05, 0) is 52.6 Å². The van der Waals surface area contributed by atoms with Crippen LogP contribution in [0.25, 0.3) is 0 Å². The number of fused-ring (bicyclic) bond motifs is 4. The Bertz CT molecular complexity index is 600. The molecule has 0 N–H and O–H groups in total. The summed E-state index contributed by atoms with van der Waals surface area (Å²) >= 11 is 0. The van der Waals surface area contributed by atoms with E-state index in [4.69, 9.17) is 9.47 Å². The quantitative estimate of drug-likeness (QED) is 0.549. The van der Waals surface area contributed by atoms with Crippen molar-refractivity contribution in [3.63, 3.8) is 0 Å². The van der Waals surface area contributed by atoms with Gasteiger partial charge >= 0.3 is 11.9 Å². The molecule has 0 amide bonds. The molecule has 4 aliphatic rings. The molecule has 6 nitrogen and oxygen atoms in total. The molecule has 2 saturated heterocycles. The van der Waals surface area contributed by atoms with E-state index in [0.717, 1.165) is 49.7 Å². The van der Waals surface area contributed by atoms with E-state index < -0.39 is 0 Å². The third-order valence-corrected chi connectivity index (χ3v) is 6.56. The van der Waals surface area contributed by atoms with Crippen LogP contribution >= 0.6 is 0 Å². The summed E-state index contributed by atoms with van der Waals surface area (Å²) < 4.78 is 10.6. The van der Waals surface area contributed by atoms with Crippen LogP contribution in [0.5, 0.6) is 0 Å². The molecule has 0 aromatic carbocycles. The van der Waals surface area contributed by atoms with Crippen LogP contribution in [0.4, 0.5) is 0 Å². The Labute approximate surface area is 154 Å². The molecule has 2 fully saturated rings. The first-order chi connectivity index (χ1) is 12.5. The predicted molar refractivity (Wildman–Crippen MR) is 96.5 cm³/mol. The lowest BCUT2D eigenvalue weighted by molar-refractivity contribution is -0.147. The Morgan fingerprint density at radius 1 is 0.846 bits per heavy atom. The highest BCUT2D eigenvalue weighted by Crippen LogP contribution is 2.34. The number of esters is 2. The molecule has 0 aliphatic carbocycles. The molecular weight excluding hydrogens is 332 g/mol. The second-order valence-electron chi connectivity index (χ2n) is 7.99. The van der Waals surface area contributed by atoms with Crippen molar-refractivity contribution in [1.82, 2.24) is 9.80 Å². The van der Waals surface area contributed by atoms with Gasteiger partial charge in [-0.25, -0.2) is 9.59 Å². The molecule has 4 heterocycles. The summed E-state index contributed by atoms with van der Waals surface area (Å²) in [7, 11) is 4.23. The maximum atomic E-state index is 12.2. The van der Waals surface area contributed by atoms with Gasteiger partial charge in [0.15, 0.2) is 0 Å². The zero-order valence-electron chi connectivity index (χ0n) is 15.6. The van der Waals surface area contributed by atoms with Crippen LogP contribution in [-0.2, 0) is 19.1 Å². The van der Waals surface area contributed by atoms with Crippen molar-refractivity contribution in [3.8, 4) is 0 Å². The summed E-state index contributed by atoms with van der Waals surface area (Å²) in [6.07, 6.45) is 10.1. The van der Waals surface area contributed by atoms with Gasteiger partial charge in [0.1, 0.15) is 13.2 Å². The normalized spacial score (nSPS) is 33.6. The van der Waals surface area contributed by atoms with E-state index in [-0.39, 0.29) is 25.2 Å². The van der Waals surface area contributed by atoms with E-state index in [2.05, 4.69) is 23.9 Å². The molecule has 4 rings (SSSR count). The van der Waals surface area contributed by atoms with Crippen molar-refractivity contribution < 1.29 is 19.1 Å². The van der Waals surface area contributed by atoms with Crippen LogP contribution in [-0.4, -0.2) is 73.2 Å². The molecule has 6 heteroatoms. The molecule has 4 aliphatic heterocycles. The molecule has 0 radical (unpaired) electrons. The minimum atomic E-state index is -0.261. The molecule has 0 aromatic rings. The molecular formula is C20H28N2O4. The third kappa shape index (κ3) is 3.32. The van der Waals surface area contributed by atoms with Crippen molar-refractivity contribution in [1.29, 1.82) is 0 Å². The van der Waals surface area contributed by atoms with Crippen molar-refractivity contribution in [2.24, 2.45) is 0 Å². The average Bonchev–Trinajstić information content (AvgIpc) is 2.98. The maximum Gasteiger partial charge on any atom is 0.333 e. The van der Waals surface area contributed by atoms with Gasteiger partial charge in [0, 0.05) is 35.3 Å². The lowest BCUT2D eigenvalue weighted by atomic mass is 10.0. The van der Waals surface area contributed by atoms with Gasteiger partial charge in [-0.15, -0.1) is 0 Å². The van der Waals surface area contributed by atoms with E-state index in [1.165, 1.54) is 0 Å². The molecule has 0 saturated carbocycles. The number of carbonyl (C=O) groups is 2. The number of hydrogen-bond acceptors (Lipinski definition) is 6. The van der Waals surface area contributed by atoms with E-state index >= 15 is 0 Å². The minimum Gasteiger partial charge on any atom is -0.459 e. The minimum absolute atomic E-state index is 0.118. The maximum absolute atomic E-state index is 12.2. The fourth-order valence-corrected chi connectivity index (χ4v) is 4.84. The Hall–Kier alpha value is -1.66. The first-order valence-electron chi connectivity index (χ1n) is 9.72. The summed E-state index contributed by atoms with van der Waals surface area (Å²) in [4.78, 5) is 29.1. The highest BCUT2D eigenvalue weighted by Gasteiger charge is 2.37. The molecule has 0 aromatic heterocycles. The first-order valence-corrected chi connectivity index (χ1v) is 9.72. The summed E-state index contributed by atoms with van der Waals surface area (Å²) in [6, 6.07) is 1.64. The van der Waals surface area contributed by atoms with Gasteiger partial charge in [0.2, 0.25) is 0 Å². The van der Waals surface area contributed by atoms with Gasteiger partial charge < -0.3 is 9.47 Å². The summed E-state index contributed by atoms with van der Waals surface area (Å²) in [6.45, 7) is 0.236. The van der Waals surface area contributed by atoms with Gasteiger partial charge in [-0.2, -0.15) is 0 Å². The van der Waals surface area contributed by atoms with Crippen LogP contribution in [0, 0.1) is 0 Å². The van der Waals surface area contributed by atoms with Gasteiger partial charge in [0.05, 0.1) is 0 Å². The highest BCUT2D eigenvalue weighted by molar-refractivity contribution is 5.89. The topological polar surface area (TPSA) is 59.1 Å². The number of carbonyl (C=O) groups excluding carboxylic acids is 2. The van der Waals surface area contributed by atoms with Crippen molar-refractivity contribution in [3.05, 3.63) is 23.3 Å². The van der Waals surface area contributed by atoms with E-state index in [1.807, 2.05) is 12.2 Å². The predicted octanol–water partition coefficient (Wildman–Crippen LogP) is 1.66. The lowest BCUT2D eigenvalue weighted by Crippen LogP contribution is -2.37. The van der Waals surface area contributed by atoms with Crippen LogP contribution in [0.1, 0.15) is 38.5 Å². The Morgan fingerprint density at radius 3 is 1.65 bits per heavy atom. The fraction of sp³-hybridized carbons (Fsp3) is 0.700. The second kappa shape index (κ2) is 7.16. The first kappa shape index (κ1) is 17.7. The van der Waals surface area contributed by atoms with Gasteiger partial charge in [-0.3, -0.25) is 9.80 Å². The van der Waals surface area contributed by atoms with Crippen LogP contribution in [0.2, 0.25) is 0 Å². The average molecular weight is 360 g/mol. The molecule has 142 valence electrons.